The summed E-state index contributed by atoms with van der Waals surface area (Å²) in [4.78, 5) is 4.23. The van der Waals surface area contributed by atoms with Gasteiger partial charge in [0.25, 0.3) is 0 Å². The van der Waals surface area contributed by atoms with E-state index in [9.17, 15) is 0 Å². The predicted molar refractivity (Wildman–Crippen MR) is 62.8 cm³/mol. The van der Waals surface area contributed by atoms with E-state index in [1.165, 1.54) is 11.1 Å². The number of hydrogen-bond acceptors (Lipinski definition) is 3. The Morgan fingerprint density at radius 2 is 2.12 bits per heavy atom. The number of hydrogen-bond donors (Lipinski definition) is 2. The normalized spacial score (nSPS) is 10.6. The van der Waals surface area contributed by atoms with Crippen LogP contribution in [0.3, 0.4) is 0 Å². The van der Waals surface area contributed by atoms with Gasteiger partial charge in [-0.05, 0) is 19.4 Å². The van der Waals surface area contributed by atoms with E-state index < -0.39 is 0 Å². The summed E-state index contributed by atoms with van der Waals surface area (Å²) in [5.41, 5.74) is 2.57. The second-order valence-corrected chi connectivity index (χ2v) is 3.93. The van der Waals surface area contributed by atoms with Crippen molar-refractivity contribution in [3.05, 3.63) is 47.0 Å². The molecule has 4 nitrogen and oxygen atoms in total. The van der Waals surface area contributed by atoms with Crippen molar-refractivity contribution in [2.24, 2.45) is 0 Å². The zero-order valence-electron chi connectivity index (χ0n) is 9.62. The van der Waals surface area contributed by atoms with Gasteiger partial charge in [0.05, 0.1) is 6.54 Å². The number of nitrogens with one attached hydrogen (secondary N) is 2. The van der Waals surface area contributed by atoms with E-state index >= 15 is 0 Å². The van der Waals surface area contributed by atoms with E-state index in [0.29, 0.717) is 6.54 Å². The lowest BCUT2D eigenvalue weighted by molar-refractivity contribution is 0.664. The lowest BCUT2D eigenvalue weighted by atomic mass is 10.1. The van der Waals surface area contributed by atoms with E-state index in [1.54, 1.807) is 0 Å². The molecule has 0 saturated carbocycles. The maximum absolute atomic E-state index is 4.23. The molecule has 84 valence electrons. The molecule has 0 spiro atoms. The van der Waals surface area contributed by atoms with Crippen molar-refractivity contribution in [3.8, 4) is 0 Å². The van der Waals surface area contributed by atoms with Crippen molar-refractivity contribution >= 4 is 0 Å². The molecule has 0 fully saturated rings. The first-order valence-electron chi connectivity index (χ1n) is 5.38. The maximum Gasteiger partial charge on any atom is 0.164 e. The molecular formula is C12H16N4. The van der Waals surface area contributed by atoms with Crippen molar-refractivity contribution in [3.63, 3.8) is 0 Å². The van der Waals surface area contributed by atoms with Gasteiger partial charge in [0.15, 0.2) is 5.82 Å². The average molecular weight is 216 g/mol. The second-order valence-electron chi connectivity index (χ2n) is 3.93. The molecule has 0 radical (unpaired) electrons. The Balaban J connectivity index is 1.84. The van der Waals surface area contributed by atoms with Crippen molar-refractivity contribution in [2.45, 2.75) is 26.9 Å². The Bertz CT molecular complexity index is 462. The molecule has 2 aromatic rings. The van der Waals surface area contributed by atoms with Crippen LogP contribution in [-0.4, -0.2) is 15.2 Å². The number of H-pyrrole nitrogens is 1. The summed E-state index contributed by atoms with van der Waals surface area (Å²) in [7, 11) is 0. The van der Waals surface area contributed by atoms with Crippen LogP contribution in [0.4, 0.5) is 0 Å². The van der Waals surface area contributed by atoms with Gasteiger partial charge in [-0.1, -0.05) is 29.8 Å². The zero-order valence-corrected chi connectivity index (χ0v) is 9.62. The van der Waals surface area contributed by atoms with E-state index in [0.717, 1.165) is 18.2 Å². The molecule has 0 amide bonds. The molecular weight excluding hydrogens is 200 g/mol. The Morgan fingerprint density at radius 1 is 1.25 bits per heavy atom. The molecule has 2 rings (SSSR count). The average Bonchev–Trinajstić information content (AvgIpc) is 2.64. The van der Waals surface area contributed by atoms with Crippen LogP contribution >= 0.6 is 0 Å². The maximum atomic E-state index is 4.23. The SMILES string of the molecule is Cc1cccc(CNCc2n[nH]c(C)n2)c1. The molecule has 1 aromatic carbocycles. The summed E-state index contributed by atoms with van der Waals surface area (Å²) in [5.74, 6) is 1.66. The van der Waals surface area contributed by atoms with Gasteiger partial charge in [0, 0.05) is 6.54 Å². The van der Waals surface area contributed by atoms with E-state index in [2.05, 4.69) is 51.7 Å². The third-order valence-corrected chi connectivity index (χ3v) is 2.34. The van der Waals surface area contributed by atoms with Crippen molar-refractivity contribution in [1.29, 1.82) is 0 Å². The Kier molecular flexibility index (Phi) is 3.31. The molecule has 1 aromatic heterocycles. The third kappa shape index (κ3) is 2.90. The number of aryl methyl sites for hydroxylation is 2. The minimum atomic E-state index is 0.693. The summed E-state index contributed by atoms with van der Waals surface area (Å²) in [6.45, 7) is 5.53. The first-order valence-corrected chi connectivity index (χ1v) is 5.38. The topological polar surface area (TPSA) is 53.6 Å². The zero-order chi connectivity index (χ0) is 11.4. The van der Waals surface area contributed by atoms with Crippen LogP contribution in [0.5, 0.6) is 0 Å². The van der Waals surface area contributed by atoms with Gasteiger partial charge in [-0.3, -0.25) is 5.10 Å². The predicted octanol–water partition coefficient (Wildman–Crippen LogP) is 1.71. The van der Waals surface area contributed by atoms with Crippen LogP contribution in [0.25, 0.3) is 0 Å². The molecule has 1 heterocycles. The largest absolute Gasteiger partial charge is 0.306 e. The minimum absolute atomic E-state index is 0.693. The number of benzene rings is 1. The fourth-order valence-corrected chi connectivity index (χ4v) is 1.61. The number of rotatable bonds is 4. The molecule has 2 N–H and O–H groups in total. The first-order chi connectivity index (χ1) is 7.74. The fraction of sp³-hybridized carbons (Fsp3) is 0.333. The fourth-order valence-electron chi connectivity index (χ4n) is 1.61. The quantitative estimate of drug-likeness (QED) is 0.818. The first kappa shape index (κ1) is 10.8. The number of nitrogens with zero attached hydrogens (tertiary/aromatic N) is 2. The van der Waals surface area contributed by atoms with Crippen molar-refractivity contribution in [1.82, 2.24) is 20.5 Å². The van der Waals surface area contributed by atoms with E-state index in [1.807, 2.05) is 6.92 Å². The molecule has 0 atom stereocenters. The lowest BCUT2D eigenvalue weighted by Gasteiger charge is -2.03. The molecule has 0 aliphatic rings. The van der Waals surface area contributed by atoms with Gasteiger partial charge in [-0.15, -0.1) is 0 Å². The van der Waals surface area contributed by atoms with Crippen LogP contribution < -0.4 is 5.32 Å². The Hall–Kier alpha value is -1.68. The van der Waals surface area contributed by atoms with Crippen LogP contribution in [0.15, 0.2) is 24.3 Å². The molecule has 16 heavy (non-hydrogen) atoms. The van der Waals surface area contributed by atoms with E-state index in [4.69, 9.17) is 0 Å². The summed E-state index contributed by atoms with van der Waals surface area (Å²) in [5, 5.41) is 10.2. The highest BCUT2D eigenvalue weighted by Gasteiger charge is 1.99. The third-order valence-electron chi connectivity index (χ3n) is 2.34. The second kappa shape index (κ2) is 4.90. The van der Waals surface area contributed by atoms with Gasteiger partial charge in [0.2, 0.25) is 0 Å². The van der Waals surface area contributed by atoms with Gasteiger partial charge in [-0.25, -0.2) is 4.98 Å². The smallest absolute Gasteiger partial charge is 0.164 e. The van der Waals surface area contributed by atoms with Crippen LogP contribution in [0.2, 0.25) is 0 Å². The van der Waals surface area contributed by atoms with Crippen molar-refractivity contribution in [2.75, 3.05) is 0 Å². The van der Waals surface area contributed by atoms with Crippen LogP contribution in [-0.2, 0) is 13.1 Å². The number of aromatic amines is 1. The van der Waals surface area contributed by atoms with Gasteiger partial charge in [-0.2, -0.15) is 5.10 Å². The van der Waals surface area contributed by atoms with Crippen LogP contribution in [0.1, 0.15) is 22.8 Å². The van der Waals surface area contributed by atoms with Gasteiger partial charge < -0.3 is 5.32 Å². The Labute approximate surface area is 95.1 Å². The molecule has 0 saturated heterocycles. The summed E-state index contributed by atoms with van der Waals surface area (Å²) in [6.07, 6.45) is 0. The highest BCUT2D eigenvalue weighted by Crippen LogP contribution is 2.03. The summed E-state index contributed by atoms with van der Waals surface area (Å²) < 4.78 is 0. The van der Waals surface area contributed by atoms with Gasteiger partial charge >= 0.3 is 0 Å². The van der Waals surface area contributed by atoms with E-state index in [-0.39, 0.29) is 0 Å². The molecule has 0 aliphatic carbocycles. The molecule has 4 heteroatoms. The standard InChI is InChI=1S/C12H16N4/c1-9-4-3-5-11(6-9)7-13-8-12-14-10(2)15-16-12/h3-6,13H,7-8H2,1-2H3,(H,14,15,16). The number of aromatic nitrogens is 3. The highest BCUT2D eigenvalue weighted by atomic mass is 15.2. The van der Waals surface area contributed by atoms with Crippen LogP contribution in [0, 0.1) is 13.8 Å². The minimum Gasteiger partial charge on any atom is -0.306 e. The monoisotopic (exact) mass is 216 g/mol. The summed E-state index contributed by atoms with van der Waals surface area (Å²) >= 11 is 0. The molecule has 0 unspecified atom stereocenters. The summed E-state index contributed by atoms with van der Waals surface area (Å²) in [6, 6.07) is 8.46. The Morgan fingerprint density at radius 3 is 2.81 bits per heavy atom. The van der Waals surface area contributed by atoms with Gasteiger partial charge in [0.1, 0.15) is 5.82 Å². The van der Waals surface area contributed by atoms with Crippen molar-refractivity contribution < 1.29 is 0 Å². The highest BCUT2D eigenvalue weighted by molar-refractivity contribution is 5.21. The lowest BCUT2D eigenvalue weighted by Crippen LogP contribution is -2.13. The molecule has 0 bridgehead atoms. The molecule has 0 aliphatic heterocycles.